The molecule has 0 amide bonds. The zero-order chi connectivity index (χ0) is 15.5. The second-order valence-electron chi connectivity index (χ2n) is 4.35. The van der Waals surface area contributed by atoms with Crippen molar-refractivity contribution in [2.75, 3.05) is 0 Å². The largest absolute Gasteiger partial charge is 0.242 e. The number of hydrogen-bond acceptors (Lipinski definition) is 2. The Labute approximate surface area is 149 Å². The quantitative estimate of drug-likeness (QED) is 0.614. The highest BCUT2D eigenvalue weighted by Gasteiger charge is 2.17. The smallest absolute Gasteiger partial charge is 0.207 e. The van der Waals surface area contributed by atoms with Crippen LogP contribution in [0.15, 0.2) is 56.3 Å². The van der Waals surface area contributed by atoms with Gasteiger partial charge in [0, 0.05) is 20.8 Å². The molecule has 7 heteroatoms. The van der Waals surface area contributed by atoms with Gasteiger partial charge in [0.05, 0.1) is 4.90 Å². The Morgan fingerprint density at radius 1 is 0.952 bits per heavy atom. The zero-order valence-corrected chi connectivity index (χ0v) is 16.4. The van der Waals surface area contributed by atoms with E-state index in [2.05, 4.69) is 52.5 Å². The minimum Gasteiger partial charge on any atom is -0.207 e. The van der Waals surface area contributed by atoms with E-state index in [4.69, 9.17) is 0 Å². The lowest BCUT2D eigenvalue weighted by atomic mass is 10.2. The van der Waals surface area contributed by atoms with Gasteiger partial charge < -0.3 is 0 Å². The highest BCUT2D eigenvalue weighted by Crippen LogP contribution is 2.25. The maximum absolute atomic E-state index is 12.3. The molecule has 0 saturated heterocycles. The normalized spacial score (nSPS) is 11.6. The second-order valence-corrected chi connectivity index (χ2v) is 8.42. The number of hydrogen-bond donors (Lipinski definition) is 1. The number of benzene rings is 2. The Morgan fingerprint density at radius 2 is 1.57 bits per heavy atom. The van der Waals surface area contributed by atoms with Crippen LogP contribution in [0.2, 0.25) is 0 Å². The van der Waals surface area contributed by atoms with Crippen LogP contribution in [0.4, 0.5) is 0 Å². The first-order valence-electron chi connectivity index (χ1n) is 6.01. The van der Waals surface area contributed by atoms with Crippen LogP contribution in [0.5, 0.6) is 0 Å². The average molecular weight is 498 g/mol. The summed E-state index contributed by atoms with van der Waals surface area (Å²) < 4.78 is 28.5. The first-order valence-corrected chi connectivity index (χ1v) is 10.2. The minimum absolute atomic E-state index is 0.217. The molecule has 0 bridgehead atoms. The first-order chi connectivity index (χ1) is 9.92. The molecule has 0 radical (unpaired) electrons. The lowest BCUT2D eigenvalue weighted by Gasteiger charge is -2.09. The van der Waals surface area contributed by atoms with Gasteiger partial charge >= 0.3 is 0 Å². The number of halogens is 3. The summed E-state index contributed by atoms with van der Waals surface area (Å²) in [5.74, 6) is 0. The summed E-state index contributed by atoms with van der Waals surface area (Å²) in [4.78, 5) is 0.217. The van der Waals surface area contributed by atoms with Crippen molar-refractivity contribution in [2.45, 2.75) is 16.8 Å². The third-order valence-electron chi connectivity index (χ3n) is 2.83. The molecule has 3 nitrogen and oxygen atoms in total. The molecule has 0 spiro atoms. The first kappa shape index (κ1) is 17.1. The van der Waals surface area contributed by atoms with Gasteiger partial charge in [-0.1, -0.05) is 56.1 Å². The predicted molar refractivity (Wildman–Crippen MR) is 94.9 cm³/mol. The topological polar surface area (TPSA) is 46.2 Å². The maximum Gasteiger partial charge on any atom is 0.242 e. The van der Waals surface area contributed by atoms with Crippen molar-refractivity contribution in [3.63, 3.8) is 0 Å². The Balaban J connectivity index is 2.15. The van der Waals surface area contributed by atoms with Crippen molar-refractivity contribution in [3.8, 4) is 0 Å². The van der Waals surface area contributed by atoms with E-state index in [1.54, 1.807) is 18.2 Å². The molecule has 0 aliphatic carbocycles. The van der Waals surface area contributed by atoms with E-state index in [-0.39, 0.29) is 11.4 Å². The Kier molecular flexibility index (Phi) is 6.02. The molecular formula is C14H12Br3NO2S. The van der Waals surface area contributed by atoms with Crippen LogP contribution in [0.1, 0.15) is 11.1 Å². The summed E-state index contributed by atoms with van der Waals surface area (Å²) in [6.07, 6.45) is 0. The molecule has 0 heterocycles. The molecule has 0 unspecified atom stereocenters. The molecule has 0 aliphatic heterocycles. The summed E-state index contributed by atoms with van der Waals surface area (Å²) in [5, 5.41) is 0.782. The number of rotatable bonds is 5. The van der Waals surface area contributed by atoms with E-state index < -0.39 is 10.0 Å². The van der Waals surface area contributed by atoms with Gasteiger partial charge in [-0.25, -0.2) is 13.1 Å². The fourth-order valence-corrected chi connectivity index (χ4v) is 4.58. The summed E-state index contributed by atoms with van der Waals surface area (Å²) in [7, 11) is -3.56. The van der Waals surface area contributed by atoms with Gasteiger partial charge in [-0.3, -0.25) is 0 Å². The van der Waals surface area contributed by atoms with Crippen LogP contribution < -0.4 is 4.72 Å². The number of nitrogens with one attached hydrogen (secondary N) is 1. The van der Waals surface area contributed by atoms with Gasteiger partial charge in [-0.15, -0.1) is 0 Å². The summed E-state index contributed by atoms with van der Waals surface area (Å²) in [6, 6.07) is 12.8. The zero-order valence-electron chi connectivity index (χ0n) is 10.8. The van der Waals surface area contributed by atoms with Crippen LogP contribution in [0.25, 0.3) is 0 Å². The van der Waals surface area contributed by atoms with Gasteiger partial charge in [-0.05, 0) is 45.3 Å². The molecule has 0 atom stereocenters. The van der Waals surface area contributed by atoms with E-state index >= 15 is 0 Å². The Hall–Kier alpha value is -0.210. The maximum atomic E-state index is 12.3. The molecule has 2 aromatic carbocycles. The third kappa shape index (κ3) is 4.63. The molecule has 0 aliphatic rings. The van der Waals surface area contributed by atoms with Crippen molar-refractivity contribution >= 4 is 57.8 Å². The predicted octanol–water partition coefficient (Wildman–Crippen LogP) is 4.59. The molecular weight excluding hydrogens is 486 g/mol. The van der Waals surface area contributed by atoms with E-state index in [9.17, 15) is 8.42 Å². The van der Waals surface area contributed by atoms with Crippen LogP contribution >= 0.6 is 47.8 Å². The molecule has 21 heavy (non-hydrogen) atoms. The SMILES string of the molecule is O=S(=O)(NCc1ccc(CBr)cc1)c1cc(Br)ccc1Br. The van der Waals surface area contributed by atoms with Gasteiger partial charge in [0.25, 0.3) is 0 Å². The highest BCUT2D eigenvalue weighted by atomic mass is 79.9. The molecule has 1 N–H and O–H groups in total. The molecule has 2 aromatic rings. The number of sulfonamides is 1. The Bertz CT molecular complexity index is 730. The van der Waals surface area contributed by atoms with Crippen LogP contribution in [-0.4, -0.2) is 8.42 Å². The average Bonchev–Trinajstić information content (AvgIpc) is 2.48. The van der Waals surface area contributed by atoms with E-state index in [0.717, 1.165) is 16.5 Å². The number of alkyl halides is 1. The van der Waals surface area contributed by atoms with Gasteiger partial charge in [0.15, 0.2) is 0 Å². The molecule has 0 saturated carbocycles. The summed E-state index contributed by atoms with van der Waals surface area (Å²) in [6.45, 7) is 0.254. The lowest BCUT2D eigenvalue weighted by Crippen LogP contribution is -2.23. The lowest BCUT2D eigenvalue weighted by molar-refractivity contribution is 0.581. The summed E-state index contributed by atoms with van der Waals surface area (Å²) >= 11 is 9.93. The van der Waals surface area contributed by atoms with Crippen LogP contribution in [0, 0.1) is 0 Å². The van der Waals surface area contributed by atoms with Gasteiger partial charge in [-0.2, -0.15) is 0 Å². The molecule has 2 rings (SSSR count). The van der Waals surface area contributed by atoms with E-state index in [1.165, 1.54) is 0 Å². The molecule has 0 fully saturated rings. The third-order valence-corrected chi connectivity index (χ3v) is 6.36. The monoisotopic (exact) mass is 495 g/mol. The van der Waals surface area contributed by atoms with Crippen LogP contribution in [0.3, 0.4) is 0 Å². The standard InChI is InChI=1S/C14H12Br3NO2S/c15-8-10-1-3-11(4-2-10)9-18-21(19,20)14-7-12(16)5-6-13(14)17/h1-7,18H,8-9H2. The Morgan fingerprint density at radius 3 is 2.19 bits per heavy atom. The van der Waals surface area contributed by atoms with E-state index in [0.29, 0.717) is 8.95 Å². The summed E-state index contributed by atoms with van der Waals surface area (Å²) in [5.41, 5.74) is 2.06. The van der Waals surface area contributed by atoms with Crippen molar-refractivity contribution in [2.24, 2.45) is 0 Å². The minimum atomic E-state index is -3.56. The van der Waals surface area contributed by atoms with Crippen LogP contribution in [-0.2, 0) is 21.9 Å². The van der Waals surface area contributed by atoms with Crippen molar-refractivity contribution < 1.29 is 8.42 Å². The van der Waals surface area contributed by atoms with Crippen molar-refractivity contribution in [3.05, 3.63) is 62.5 Å². The van der Waals surface area contributed by atoms with Gasteiger partial charge in [0.2, 0.25) is 10.0 Å². The second kappa shape index (κ2) is 7.37. The van der Waals surface area contributed by atoms with Crippen molar-refractivity contribution in [1.29, 1.82) is 0 Å². The fraction of sp³-hybridized carbons (Fsp3) is 0.143. The fourth-order valence-electron chi connectivity index (χ4n) is 1.69. The molecule has 0 aromatic heterocycles. The van der Waals surface area contributed by atoms with Gasteiger partial charge in [0.1, 0.15) is 0 Å². The highest BCUT2D eigenvalue weighted by molar-refractivity contribution is 9.11. The van der Waals surface area contributed by atoms with Crippen molar-refractivity contribution in [1.82, 2.24) is 4.72 Å². The molecule has 112 valence electrons. The van der Waals surface area contributed by atoms with E-state index in [1.807, 2.05) is 24.3 Å².